The number of piperidine rings is 1. The Hall–Kier alpha value is -2.14. The third-order valence-corrected chi connectivity index (χ3v) is 4.46. The Kier molecular flexibility index (Phi) is 5.08. The van der Waals surface area contributed by atoms with E-state index in [1.807, 2.05) is 30.3 Å². The van der Waals surface area contributed by atoms with Crippen LogP contribution in [0, 0.1) is 0 Å². The molecule has 2 aromatic rings. The lowest BCUT2D eigenvalue weighted by Crippen LogP contribution is -2.47. The van der Waals surface area contributed by atoms with Crippen LogP contribution in [0.1, 0.15) is 37.8 Å². The van der Waals surface area contributed by atoms with Crippen LogP contribution in [0.3, 0.4) is 0 Å². The molecule has 23 heavy (non-hydrogen) atoms. The molecule has 0 radical (unpaired) electrons. The number of aromatic nitrogens is 2. The van der Waals surface area contributed by atoms with Crippen molar-refractivity contribution in [1.82, 2.24) is 15.5 Å². The van der Waals surface area contributed by atoms with Crippen LogP contribution in [0.2, 0.25) is 0 Å². The number of para-hydroxylation sites is 1. The molecule has 1 aliphatic heterocycles. The molecule has 122 valence electrons. The van der Waals surface area contributed by atoms with E-state index in [2.05, 4.69) is 27.3 Å². The van der Waals surface area contributed by atoms with E-state index in [0.29, 0.717) is 11.8 Å². The normalized spacial score (nSPS) is 19.5. The summed E-state index contributed by atoms with van der Waals surface area (Å²) in [5, 5.41) is 22.0. The van der Waals surface area contributed by atoms with Crippen LogP contribution in [0.15, 0.2) is 42.6 Å². The van der Waals surface area contributed by atoms with Gasteiger partial charge in [0.25, 0.3) is 0 Å². The molecule has 0 spiro atoms. The third-order valence-electron chi connectivity index (χ3n) is 4.46. The average molecular weight is 312 g/mol. The van der Waals surface area contributed by atoms with Gasteiger partial charge in [0.2, 0.25) is 0 Å². The first-order chi connectivity index (χ1) is 11.3. The Balaban J connectivity index is 1.68. The number of nitrogens with zero attached hydrogens (tertiary/aromatic N) is 3. The number of anilines is 1. The summed E-state index contributed by atoms with van der Waals surface area (Å²) in [4.78, 5) is 2.28. The number of hydrogen-bond acceptors (Lipinski definition) is 5. The van der Waals surface area contributed by atoms with E-state index in [-0.39, 0.29) is 6.04 Å². The number of benzene rings is 1. The molecule has 1 aliphatic rings. The van der Waals surface area contributed by atoms with Crippen molar-refractivity contribution >= 4 is 5.82 Å². The van der Waals surface area contributed by atoms with Gasteiger partial charge in [-0.05, 0) is 37.5 Å². The predicted octanol–water partition coefficient (Wildman–Crippen LogP) is 2.89. The van der Waals surface area contributed by atoms with Gasteiger partial charge < -0.3 is 15.3 Å². The van der Waals surface area contributed by atoms with Crippen molar-refractivity contribution in [1.29, 1.82) is 0 Å². The van der Waals surface area contributed by atoms with Crippen LogP contribution >= 0.6 is 0 Å². The summed E-state index contributed by atoms with van der Waals surface area (Å²) in [5.41, 5.74) is 0.978. The highest BCUT2D eigenvalue weighted by Gasteiger charge is 2.24. The zero-order valence-corrected chi connectivity index (χ0v) is 13.5. The monoisotopic (exact) mass is 312 g/mol. The molecule has 2 atom stereocenters. The number of rotatable bonds is 5. The lowest BCUT2D eigenvalue weighted by Gasteiger charge is -2.36. The second-order valence-corrected chi connectivity index (χ2v) is 6.05. The van der Waals surface area contributed by atoms with Crippen LogP contribution in [0.4, 0.5) is 5.82 Å². The molecule has 0 unspecified atom stereocenters. The van der Waals surface area contributed by atoms with Crippen molar-refractivity contribution in [3.8, 4) is 5.75 Å². The summed E-state index contributed by atoms with van der Waals surface area (Å²) in [6, 6.07) is 12.1. The fraction of sp³-hybridized carbons (Fsp3) is 0.444. The summed E-state index contributed by atoms with van der Waals surface area (Å²) in [6.07, 6.45) is 4.92. The van der Waals surface area contributed by atoms with E-state index in [9.17, 15) is 5.11 Å². The molecule has 3 rings (SSSR count). The van der Waals surface area contributed by atoms with E-state index < -0.39 is 0 Å². The molecule has 5 heteroatoms. The van der Waals surface area contributed by atoms with Crippen molar-refractivity contribution in [2.45, 2.75) is 38.3 Å². The van der Waals surface area contributed by atoms with E-state index in [1.54, 1.807) is 12.3 Å². The molecular formula is C18H24N4O. The molecule has 0 aliphatic carbocycles. The molecule has 0 saturated carbocycles. The van der Waals surface area contributed by atoms with Gasteiger partial charge in [0.1, 0.15) is 5.75 Å². The second kappa shape index (κ2) is 7.42. The van der Waals surface area contributed by atoms with Crippen LogP contribution in [0.5, 0.6) is 5.75 Å². The van der Waals surface area contributed by atoms with E-state index in [1.165, 1.54) is 0 Å². The minimum Gasteiger partial charge on any atom is -0.508 e. The average Bonchev–Trinajstić information content (AvgIpc) is 2.61. The first-order valence-corrected chi connectivity index (χ1v) is 8.34. The van der Waals surface area contributed by atoms with E-state index in [0.717, 1.165) is 43.7 Å². The number of aromatic hydroxyl groups is 1. The van der Waals surface area contributed by atoms with Crippen molar-refractivity contribution in [2.75, 3.05) is 18.0 Å². The molecule has 5 nitrogen and oxygen atoms in total. The Morgan fingerprint density at radius 2 is 2.17 bits per heavy atom. The molecule has 0 amide bonds. The van der Waals surface area contributed by atoms with Crippen molar-refractivity contribution < 1.29 is 5.11 Å². The SMILES string of the molecule is CC[C@@H](N[C@@H]1CCCN(c2cccnn2)C1)c1ccccc1O. The summed E-state index contributed by atoms with van der Waals surface area (Å²) >= 11 is 0. The van der Waals surface area contributed by atoms with Crippen LogP contribution in [0.25, 0.3) is 0 Å². The van der Waals surface area contributed by atoms with Gasteiger partial charge in [-0.15, -0.1) is 5.10 Å². The van der Waals surface area contributed by atoms with Gasteiger partial charge in [0.15, 0.2) is 5.82 Å². The summed E-state index contributed by atoms with van der Waals surface area (Å²) in [7, 11) is 0. The van der Waals surface area contributed by atoms with E-state index in [4.69, 9.17) is 0 Å². The Bertz CT molecular complexity index is 619. The summed E-state index contributed by atoms with van der Waals surface area (Å²) < 4.78 is 0. The topological polar surface area (TPSA) is 61.3 Å². The smallest absolute Gasteiger partial charge is 0.151 e. The van der Waals surface area contributed by atoms with Crippen LogP contribution in [-0.4, -0.2) is 34.4 Å². The maximum atomic E-state index is 10.1. The van der Waals surface area contributed by atoms with Gasteiger partial charge >= 0.3 is 0 Å². The zero-order valence-electron chi connectivity index (χ0n) is 13.5. The van der Waals surface area contributed by atoms with Crippen molar-refractivity contribution in [2.24, 2.45) is 0 Å². The van der Waals surface area contributed by atoms with Crippen LogP contribution in [-0.2, 0) is 0 Å². The maximum Gasteiger partial charge on any atom is 0.151 e. The molecule has 1 aromatic carbocycles. The molecule has 2 N–H and O–H groups in total. The van der Waals surface area contributed by atoms with Gasteiger partial charge in [-0.25, -0.2) is 0 Å². The second-order valence-electron chi connectivity index (χ2n) is 6.05. The van der Waals surface area contributed by atoms with Gasteiger partial charge in [-0.2, -0.15) is 5.10 Å². The largest absolute Gasteiger partial charge is 0.508 e. The number of nitrogens with one attached hydrogen (secondary N) is 1. The van der Waals surface area contributed by atoms with Gasteiger partial charge in [-0.3, -0.25) is 0 Å². The number of hydrogen-bond donors (Lipinski definition) is 2. The minimum absolute atomic E-state index is 0.169. The Morgan fingerprint density at radius 1 is 1.30 bits per heavy atom. The Morgan fingerprint density at radius 3 is 2.91 bits per heavy atom. The molecule has 1 saturated heterocycles. The summed E-state index contributed by atoms with van der Waals surface area (Å²) in [5.74, 6) is 1.31. The lowest BCUT2D eigenvalue weighted by molar-refractivity contribution is 0.361. The summed E-state index contributed by atoms with van der Waals surface area (Å²) in [6.45, 7) is 4.08. The highest BCUT2D eigenvalue weighted by Crippen LogP contribution is 2.27. The molecular weight excluding hydrogens is 288 g/mol. The quantitative estimate of drug-likeness (QED) is 0.889. The van der Waals surface area contributed by atoms with E-state index >= 15 is 0 Å². The number of phenols is 1. The van der Waals surface area contributed by atoms with Crippen molar-refractivity contribution in [3.05, 3.63) is 48.2 Å². The fourth-order valence-corrected chi connectivity index (χ4v) is 3.28. The van der Waals surface area contributed by atoms with Gasteiger partial charge in [0, 0.05) is 36.9 Å². The highest BCUT2D eigenvalue weighted by molar-refractivity contribution is 5.38. The standard InChI is InChI=1S/C18H24N4O/c1-2-16(15-8-3-4-9-17(15)23)20-14-7-6-12-22(13-14)18-10-5-11-19-21-18/h3-5,8-11,14,16,20,23H,2,6-7,12-13H2,1H3/t14-,16-/m1/s1. The third kappa shape index (κ3) is 3.79. The van der Waals surface area contributed by atoms with Crippen molar-refractivity contribution in [3.63, 3.8) is 0 Å². The molecule has 1 fully saturated rings. The fourth-order valence-electron chi connectivity index (χ4n) is 3.28. The van der Waals surface area contributed by atoms with Gasteiger partial charge in [0.05, 0.1) is 0 Å². The maximum absolute atomic E-state index is 10.1. The molecule has 1 aromatic heterocycles. The zero-order chi connectivity index (χ0) is 16.1. The Labute approximate surface area is 137 Å². The lowest BCUT2D eigenvalue weighted by atomic mass is 9.99. The highest BCUT2D eigenvalue weighted by atomic mass is 16.3. The predicted molar refractivity (Wildman–Crippen MR) is 91.5 cm³/mol. The number of phenolic OH excluding ortho intramolecular Hbond substituents is 1. The van der Waals surface area contributed by atoms with Gasteiger partial charge in [-0.1, -0.05) is 25.1 Å². The molecule has 0 bridgehead atoms. The first kappa shape index (κ1) is 15.7. The van der Waals surface area contributed by atoms with Crippen LogP contribution < -0.4 is 10.2 Å². The molecule has 2 heterocycles. The minimum atomic E-state index is 0.169. The first-order valence-electron chi connectivity index (χ1n) is 8.34.